The lowest BCUT2D eigenvalue weighted by Crippen LogP contribution is -2.25. The molecule has 2 aromatic rings. The predicted octanol–water partition coefficient (Wildman–Crippen LogP) is 3.95. The highest BCUT2D eigenvalue weighted by molar-refractivity contribution is 5.98. The Balaban J connectivity index is 1.54. The highest BCUT2D eigenvalue weighted by Gasteiger charge is 2.37. The van der Waals surface area contributed by atoms with Gasteiger partial charge in [0.25, 0.3) is 5.91 Å². The molecule has 142 valence electrons. The summed E-state index contributed by atoms with van der Waals surface area (Å²) in [7, 11) is 0. The first kappa shape index (κ1) is 18.1. The molecule has 2 N–H and O–H groups in total. The van der Waals surface area contributed by atoms with E-state index in [1.807, 2.05) is 12.1 Å². The van der Waals surface area contributed by atoms with Crippen molar-refractivity contribution in [3.05, 3.63) is 64.7 Å². The number of rotatable bonds is 6. The zero-order chi connectivity index (χ0) is 18.8. The maximum absolute atomic E-state index is 12.4. The van der Waals surface area contributed by atoms with E-state index >= 15 is 0 Å². The molecule has 0 aliphatic carbocycles. The predicted molar refractivity (Wildman–Crippen MR) is 110 cm³/mol. The van der Waals surface area contributed by atoms with Crippen LogP contribution in [-0.4, -0.2) is 37.0 Å². The minimum atomic E-state index is 0.0588. The van der Waals surface area contributed by atoms with E-state index < -0.39 is 0 Å². The van der Waals surface area contributed by atoms with Crippen molar-refractivity contribution in [2.24, 2.45) is 0 Å². The molecular weight excluding hydrogens is 334 g/mol. The number of likely N-dealkylation sites (N-methyl/N-ethyl adjacent to an activating group) is 1. The number of nitrogens with zero attached hydrogens (tertiary/aromatic N) is 1. The molecule has 0 saturated carbocycles. The minimum absolute atomic E-state index is 0.0588. The molecule has 2 aliphatic heterocycles. The highest BCUT2D eigenvalue weighted by atomic mass is 16.1. The first-order valence-electron chi connectivity index (χ1n) is 10.2. The smallest absolute Gasteiger partial charge is 0.251 e. The van der Waals surface area contributed by atoms with E-state index in [0.29, 0.717) is 5.92 Å². The molecule has 4 nitrogen and oxygen atoms in total. The van der Waals surface area contributed by atoms with Crippen molar-refractivity contribution in [3.8, 4) is 0 Å². The molecule has 2 aliphatic rings. The van der Waals surface area contributed by atoms with Crippen LogP contribution in [0.1, 0.15) is 59.3 Å². The number of benzene rings is 2. The van der Waals surface area contributed by atoms with Crippen molar-refractivity contribution in [3.63, 3.8) is 0 Å². The van der Waals surface area contributed by atoms with Crippen molar-refractivity contribution in [1.82, 2.24) is 10.2 Å². The van der Waals surface area contributed by atoms with Gasteiger partial charge in [-0.25, -0.2) is 0 Å². The third kappa shape index (κ3) is 3.46. The standard InChI is InChI=1S/C23H29N3O/c1-3-26(4-2)15-13-16-8-10-17(11-9-16)22-18-12-14-24-23(27)19-6-5-7-20(25-22)21(18)19/h5-11,18,22,25H,3-4,12-15H2,1-2H3,(H,24,27). The van der Waals surface area contributed by atoms with Crippen LogP contribution in [0.25, 0.3) is 0 Å². The quantitative estimate of drug-likeness (QED) is 0.817. The van der Waals surface area contributed by atoms with E-state index in [1.165, 1.54) is 16.7 Å². The fourth-order valence-corrected chi connectivity index (χ4v) is 4.51. The van der Waals surface area contributed by atoms with Gasteiger partial charge in [0.05, 0.1) is 6.04 Å². The molecule has 2 unspecified atom stereocenters. The van der Waals surface area contributed by atoms with E-state index in [-0.39, 0.29) is 11.9 Å². The molecule has 0 radical (unpaired) electrons. The normalized spacial score (nSPS) is 20.8. The SMILES string of the molecule is CCN(CC)CCc1ccc(C2Nc3cccc4c3C2CCNC4=O)cc1. The largest absolute Gasteiger partial charge is 0.377 e. The lowest BCUT2D eigenvalue weighted by molar-refractivity contribution is 0.0956. The van der Waals surface area contributed by atoms with E-state index in [1.54, 1.807) is 0 Å². The summed E-state index contributed by atoms with van der Waals surface area (Å²) in [6, 6.07) is 15.3. The van der Waals surface area contributed by atoms with E-state index in [4.69, 9.17) is 0 Å². The number of carbonyl (C=O) groups excluding carboxylic acids is 1. The Kier molecular flexibility index (Phi) is 5.17. The van der Waals surface area contributed by atoms with E-state index in [0.717, 1.165) is 50.3 Å². The van der Waals surface area contributed by atoms with Crippen molar-refractivity contribution < 1.29 is 4.79 Å². The molecule has 0 spiro atoms. The van der Waals surface area contributed by atoms with Crippen LogP contribution in [-0.2, 0) is 6.42 Å². The zero-order valence-electron chi connectivity index (χ0n) is 16.3. The molecule has 4 rings (SSSR count). The maximum Gasteiger partial charge on any atom is 0.251 e. The van der Waals surface area contributed by atoms with Crippen LogP contribution in [0, 0.1) is 0 Å². The van der Waals surface area contributed by atoms with Crippen molar-refractivity contribution in [1.29, 1.82) is 0 Å². The average molecular weight is 364 g/mol. The summed E-state index contributed by atoms with van der Waals surface area (Å²) in [5, 5.41) is 6.72. The lowest BCUT2D eigenvalue weighted by atomic mass is 9.86. The minimum Gasteiger partial charge on any atom is -0.377 e. The number of carbonyl (C=O) groups is 1. The van der Waals surface area contributed by atoms with Crippen LogP contribution in [0.3, 0.4) is 0 Å². The molecule has 2 heterocycles. The molecule has 4 heteroatoms. The van der Waals surface area contributed by atoms with Gasteiger partial charge in [0, 0.05) is 30.3 Å². The van der Waals surface area contributed by atoms with Gasteiger partial charge in [-0.1, -0.05) is 44.2 Å². The van der Waals surface area contributed by atoms with Crippen molar-refractivity contribution >= 4 is 11.6 Å². The van der Waals surface area contributed by atoms with Crippen LogP contribution in [0.15, 0.2) is 42.5 Å². The van der Waals surface area contributed by atoms with Gasteiger partial charge < -0.3 is 15.5 Å². The van der Waals surface area contributed by atoms with E-state index in [2.05, 4.69) is 59.7 Å². The summed E-state index contributed by atoms with van der Waals surface area (Å²) < 4.78 is 0. The molecule has 2 atom stereocenters. The molecular formula is C23H29N3O. The Morgan fingerprint density at radius 1 is 1.07 bits per heavy atom. The Morgan fingerprint density at radius 3 is 2.59 bits per heavy atom. The zero-order valence-corrected chi connectivity index (χ0v) is 16.3. The van der Waals surface area contributed by atoms with Crippen LogP contribution in [0.4, 0.5) is 5.69 Å². The number of hydrogen-bond acceptors (Lipinski definition) is 3. The van der Waals surface area contributed by atoms with E-state index in [9.17, 15) is 4.79 Å². The summed E-state index contributed by atoms with van der Waals surface area (Å²) in [4.78, 5) is 14.8. The van der Waals surface area contributed by atoms with Crippen LogP contribution in [0.2, 0.25) is 0 Å². The summed E-state index contributed by atoms with van der Waals surface area (Å²) in [6.45, 7) is 8.50. The van der Waals surface area contributed by atoms with Gasteiger partial charge in [-0.3, -0.25) is 4.79 Å². The Labute approximate surface area is 162 Å². The molecule has 1 amide bonds. The Morgan fingerprint density at radius 2 is 1.85 bits per heavy atom. The average Bonchev–Trinajstić information content (AvgIpc) is 2.98. The number of amides is 1. The second kappa shape index (κ2) is 7.73. The third-order valence-electron chi connectivity index (χ3n) is 6.13. The van der Waals surface area contributed by atoms with Gasteiger partial charge in [0.15, 0.2) is 0 Å². The number of nitrogens with one attached hydrogen (secondary N) is 2. The first-order chi connectivity index (χ1) is 13.2. The first-order valence-corrected chi connectivity index (χ1v) is 10.2. The molecule has 2 aromatic carbocycles. The monoisotopic (exact) mass is 363 g/mol. The summed E-state index contributed by atoms with van der Waals surface area (Å²) >= 11 is 0. The third-order valence-corrected chi connectivity index (χ3v) is 6.13. The second-order valence-corrected chi connectivity index (χ2v) is 7.56. The van der Waals surface area contributed by atoms with Crippen LogP contribution < -0.4 is 10.6 Å². The maximum atomic E-state index is 12.4. The number of anilines is 1. The molecule has 0 bridgehead atoms. The van der Waals surface area contributed by atoms with Gasteiger partial charge >= 0.3 is 0 Å². The highest BCUT2D eigenvalue weighted by Crippen LogP contribution is 2.48. The van der Waals surface area contributed by atoms with Gasteiger partial charge in [-0.2, -0.15) is 0 Å². The topological polar surface area (TPSA) is 44.4 Å². The molecule has 0 aromatic heterocycles. The second-order valence-electron chi connectivity index (χ2n) is 7.56. The molecule has 0 fully saturated rings. The number of hydrogen-bond donors (Lipinski definition) is 2. The lowest BCUT2D eigenvalue weighted by Gasteiger charge is -2.21. The summed E-state index contributed by atoms with van der Waals surface area (Å²) in [5.74, 6) is 0.403. The van der Waals surface area contributed by atoms with Crippen LogP contribution in [0.5, 0.6) is 0 Å². The van der Waals surface area contributed by atoms with Crippen LogP contribution >= 0.6 is 0 Å². The van der Waals surface area contributed by atoms with Gasteiger partial charge in [-0.05, 0) is 54.8 Å². The fourth-order valence-electron chi connectivity index (χ4n) is 4.51. The van der Waals surface area contributed by atoms with Gasteiger partial charge in [0.2, 0.25) is 0 Å². The molecule has 27 heavy (non-hydrogen) atoms. The Hall–Kier alpha value is -2.33. The van der Waals surface area contributed by atoms with Crippen molar-refractivity contribution in [2.45, 2.75) is 38.6 Å². The summed E-state index contributed by atoms with van der Waals surface area (Å²) in [5.41, 5.74) is 5.84. The van der Waals surface area contributed by atoms with Gasteiger partial charge in [0.1, 0.15) is 0 Å². The molecule has 0 saturated heterocycles. The van der Waals surface area contributed by atoms with Gasteiger partial charge in [-0.15, -0.1) is 0 Å². The van der Waals surface area contributed by atoms with Crippen molar-refractivity contribution in [2.75, 3.05) is 31.5 Å². The summed E-state index contributed by atoms with van der Waals surface area (Å²) in [6.07, 6.45) is 2.06. The fraction of sp³-hybridized carbons (Fsp3) is 0.435. The Bertz CT molecular complexity index is 811.